The largest absolute Gasteiger partial charge is 0.427 e. The lowest BCUT2D eigenvalue weighted by molar-refractivity contribution is -0.131. The Hall–Kier alpha value is -2.95. The van der Waals surface area contributed by atoms with Crippen molar-refractivity contribution in [3.63, 3.8) is 0 Å². The van der Waals surface area contributed by atoms with Gasteiger partial charge in [0.15, 0.2) is 6.29 Å². The third-order valence-electron chi connectivity index (χ3n) is 2.60. The number of esters is 2. The van der Waals surface area contributed by atoms with Gasteiger partial charge in [0.25, 0.3) is 0 Å². The van der Waals surface area contributed by atoms with Gasteiger partial charge in [0.1, 0.15) is 11.5 Å². The zero-order valence-electron chi connectivity index (χ0n) is 11.2. The van der Waals surface area contributed by atoms with E-state index in [-0.39, 0.29) is 11.3 Å². The quantitative estimate of drug-likeness (QED) is 0.490. The summed E-state index contributed by atoms with van der Waals surface area (Å²) in [6.07, 6.45) is 0.617. The smallest absolute Gasteiger partial charge is 0.343 e. The molecule has 0 aliphatic rings. The van der Waals surface area contributed by atoms with Crippen molar-refractivity contribution in [2.45, 2.75) is 6.92 Å². The van der Waals surface area contributed by atoms with Crippen molar-refractivity contribution >= 4 is 18.2 Å². The molecular formula is C16H12O5. The van der Waals surface area contributed by atoms with E-state index in [2.05, 4.69) is 0 Å². The van der Waals surface area contributed by atoms with Crippen LogP contribution in [-0.4, -0.2) is 18.2 Å². The number of benzene rings is 2. The SMILES string of the molecule is CC(=O)Oc1ccc(C(=O)Oc2ccccc2C=O)cc1. The van der Waals surface area contributed by atoms with Crippen LogP contribution in [0.4, 0.5) is 0 Å². The predicted molar refractivity (Wildman–Crippen MR) is 74.5 cm³/mol. The lowest BCUT2D eigenvalue weighted by Crippen LogP contribution is -2.10. The first-order valence-corrected chi connectivity index (χ1v) is 6.15. The summed E-state index contributed by atoms with van der Waals surface area (Å²) in [5, 5.41) is 0. The van der Waals surface area contributed by atoms with Gasteiger partial charge in [-0.05, 0) is 36.4 Å². The zero-order chi connectivity index (χ0) is 15.2. The molecular weight excluding hydrogens is 272 g/mol. The van der Waals surface area contributed by atoms with Crippen LogP contribution in [0.2, 0.25) is 0 Å². The molecule has 106 valence electrons. The van der Waals surface area contributed by atoms with Crippen LogP contribution in [-0.2, 0) is 4.79 Å². The Morgan fingerprint density at radius 1 is 0.952 bits per heavy atom. The van der Waals surface area contributed by atoms with Crippen LogP contribution < -0.4 is 9.47 Å². The molecule has 5 heteroatoms. The highest BCUT2D eigenvalue weighted by molar-refractivity contribution is 5.92. The van der Waals surface area contributed by atoms with Crippen LogP contribution in [0.1, 0.15) is 27.6 Å². The molecule has 0 amide bonds. The summed E-state index contributed by atoms with van der Waals surface area (Å²) in [7, 11) is 0. The van der Waals surface area contributed by atoms with Gasteiger partial charge in [0.05, 0.1) is 11.1 Å². The Morgan fingerprint density at radius 3 is 2.24 bits per heavy atom. The molecule has 0 aromatic heterocycles. The number of carbonyl (C=O) groups excluding carboxylic acids is 3. The van der Waals surface area contributed by atoms with Crippen molar-refractivity contribution in [1.29, 1.82) is 0 Å². The summed E-state index contributed by atoms with van der Waals surface area (Å²) in [6, 6.07) is 12.4. The van der Waals surface area contributed by atoms with Gasteiger partial charge >= 0.3 is 11.9 Å². The van der Waals surface area contributed by atoms with Gasteiger partial charge in [-0.15, -0.1) is 0 Å². The number of hydrogen-bond acceptors (Lipinski definition) is 5. The molecule has 0 bridgehead atoms. The topological polar surface area (TPSA) is 69.7 Å². The van der Waals surface area contributed by atoms with Crippen LogP contribution in [0.5, 0.6) is 11.5 Å². The minimum absolute atomic E-state index is 0.196. The van der Waals surface area contributed by atoms with Crippen molar-refractivity contribution < 1.29 is 23.9 Å². The highest BCUT2D eigenvalue weighted by Crippen LogP contribution is 2.18. The van der Waals surface area contributed by atoms with Crippen molar-refractivity contribution in [1.82, 2.24) is 0 Å². The second-order valence-electron chi connectivity index (χ2n) is 4.16. The van der Waals surface area contributed by atoms with Crippen molar-refractivity contribution in [2.75, 3.05) is 0 Å². The molecule has 2 aromatic carbocycles. The Morgan fingerprint density at radius 2 is 1.62 bits per heavy atom. The first-order valence-electron chi connectivity index (χ1n) is 6.15. The Labute approximate surface area is 121 Å². The molecule has 5 nitrogen and oxygen atoms in total. The van der Waals surface area contributed by atoms with E-state index in [4.69, 9.17) is 9.47 Å². The molecule has 2 rings (SSSR count). The zero-order valence-corrected chi connectivity index (χ0v) is 11.2. The normalized spacial score (nSPS) is 9.76. The van der Waals surface area contributed by atoms with Crippen LogP contribution in [0.25, 0.3) is 0 Å². The van der Waals surface area contributed by atoms with E-state index in [0.717, 1.165) is 0 Å². The van der Waals surface area contributed by atoms with Gasteiger partial charge in [0, 0.05) is 6.92 Å². The maximum absolute atomic E-state index is 12.0. The van der Waals surface area contributed by atoms with E-state index in [0.29, 0.717) is 17.6 Å². The molecule has 0 aliphatic carbocycles. The molecule has 0 saturated heterocycles. The molecule has 0 fully saturated rings. The van der Waals surface area contributed by atoms with E-state index in [1.807, 2.05) is 0 Å². The predicted octanol–water partition coefficient (Wildman–Crippen LogP) is 2.64. The van der Waals surface area contributed by atoms with Gasteiger partial charge in [0.2, 0.25) is 0 Å². The van der Waals surface area contributed by atoms with Gasteiger partial charge in [-0.2, -0.15) is 0 Å². The molecule has 0 heterocycles. The van der Waals surface area contributed by atoms with E-state index in [1.54, 1.807) is 18.2 Å². The standard InChI is InChI=1S/C16H12O5/c1-11(18)20-14-8-6-12(7-9-14)16(19)21-15-5-3-2-4-13(15)10-17/h2-10H,1H3. The van der Waals surface area contributed by atoms with Crippen LogP contribution in [0, 0.1) is 0 Å². The minimum atomic E-state index is -0.598. The first kappa shape index (κ1) is 14.5. The average molecular weight is 284 g/mol. The van der Waals surface area contributed by atoms with Crippen molar-refractivity contribution in [3.05, 3.63) is 59.7 Å². The lowest BCUT2D eigenvalue weighted by atomic mass is 10.2. The number of aldehydes is 1. The second kappa shape index (κ2) is 6.47. The van der Waals surface area contributed by atoms with E-state index >= 15 is 0 Å². The number of para-hydroxylation sites is 1. The summed E-state index contributed by atoms with van der Waals surface area (Å²) in [5.41, 5.74) is 0.578. The van der Waals surface area contributed by atoms with Gasteiger partial charge in [-0.1, -0.05) is 12.1 Å². The summed E-state index contributed by atoms with van der Waals surface area (Å²) in [4.78, 5) is 33.6. The molecule has 0 aliphatic heterocycles. The fourth-order valence-electron chi connectivity index (χ4n) is 1.65. The molecule has 21 heavy (non-hydrogen) atoms. The molecule has 0 atom stereocenters. The third kappa shape index (κ3) is 3.76. The lowest BCUT2D eigenvalue weighted by Gasteiger charge is -2.07. The highest BCUT2D eigenvalue weighted by atomic mass is 16.5. The monoisotopic (exact) mass is 284 g/mol. The number of ether oxygens (including phenoxy) is 2. The fourth-order valence-corrected chi connectivity index (χ4v) is 1.65. The summed E-state index contributed by atoms with van der Waals surface area (Å²) >= 11 is 0. The molecule has 0 radical (unpaired) electrons. The molecule has 0 spiro atoms. The second-order valence-corrected chi connectivity index (χ2v) is 4.16. The van der Waals surface area contributed by atoms with Crippen LogP contribution >= 0.6 is 0 Å². The van der Waals surface area contributed by atoms with E-state index in [9.17, 15) is 14.4 Å². The fraction of sp³-hybridized carbons (Fsp3) is 0.0625. The molecule has 2 aromatic rings. The Balaban J connectivity index is 2.13. The Kier molecular flexibility index (Phi) is 4.46. The molecule has 0 unspecified atom stereocenters. The summed E-state index contributed by atoms with van der Waals surface area (Å²) in [5.74, 6) is -0.502. The average Bonchev–Trinajstić information content (AvgIpc) is 2.48. The molecule has 0 N–H and O–H groups in total. The molecule has 0 saturated carbocycles. The third-order valence-corrected chi connectivity index (χ3v) is 2.60. The van der Waals surface area contributed by atoms with Crippen molar-refractivity contribution in [2.24, 2.45) is 0 Å². The van der Waals surface area contributed by atoms with Gasteiger partial charge in [-0.25, -0.2) is 4.79 Å². The van der Waals surface area contributed by atoms with E-state index < -0.39 is 11.9 Å². The van der Waals surface area contributed by atoms with Crippen LogP contribution in [0.3, 0.4) is 0 Å². The van der Waals surface area contributed by atoms with Gasteiger partial charge in [-0.3, -0.25) is 9.59 Å². The summed E-state index contributed by atoms with van der Waals surface area (Å²) < 4.78 is 10.0. The van der Waals surface area contributed by atoms with Crippen LogP contribution in [0.15, 0.2) is 48.5 Å². The van der Waals surface area contributed by atoms with Crippen molar-refractivity contribution in [3.8, 4) is 11.5 Å². The van der Waals surface area contributed by atoms with Gasteiger partial charge < -0.3 is 9.47 Å². The first-order chi connectivity index (χ1) is 10.1. The van der Waals surface area contributed by atoms with E-state index in [1.165, 1.54) is 37.3 Å². The number of hydrogen-bond donors (Lipinski definition) is 0. The maximum Gasteiger partial charge on any atom is 0.343 e. The highest BCUT2D eigenvalue weighted by Gasteiger charge is 2.11. The number of rotatable bonds is 4. The minimum Gasteiger partial charge on any atom is -0.427 e. The summed E-state index contributed by atoms with van der Waals surface area (Å²) in [6.45, 7) is 1.29. The maximum atomic E-state index is 12.0. The Bertz CT molecular complexity index is 673. The number of carbonyl (C=O) groups is 3.